The zero-order valence-electron chi connectivity index (χ0n) is 13.3. The normalized spacial score (nSPS) is 31.7. The van der Waals surface area contributed by atoms with Crippen LogP contribution in [0.15, 0.2) is 0 Å². The molecule has 4 heteroatoms. The zero-order chi connectivity index (χ0) is 14.6. The molecule has 2 saturated carbocycles. The van der Waals surface area contributed by atoms with Gasteiger partial charge in [-0.3, -0.25) is 9.69 Å². The molecule has 0 aromatic carbocycles. The summed E-state index contributed by atoms with van der Waals surface area (Å²) >= 11 is 0. The second kappa shape index (κ2) is 6.90. The van der Waals surface area contributed by atoms with Crippen LogP contribution in [0.4, 0.5) is 0 Å². The Kier molecular flexibility index (Phi) is 5.44. The molecule has 2 rings (SSSR count). The number of hydrogen-bond acceptors (Lipinski definition) is 4. The third-order valence-electron chi connectivity index (χ3n) is 5.41. The first-order chi connectivity index (χ1) is 9.66. The van der Waals surface area contributed by atoms with E-state index in [1.165, 1.54) is 39.2 Å². The monoisotopic (exact) mass is 282 g/mol. The predicted molar refractivity (Wildman–Crippen MR) is 80.7 cm³/mol. The minimum atomic E-state index is -0.469. The van der Waals surface area contributed by atoms with E-state index in [0.29, 0.717) is 6.04 Å². The predicted octanol–water partition coefficient (Wildman–Crippen LogP) is 2.32. The van der Waals surface area contributed by atoms with Crippen LogP contribution in [0.1, 0.15) is 58.3 Å². The summed E-state index contributed by atoms with van der Waals surface area (Å²) < 4.78 is 5.05. The van der Waals surface area contributed by atoms with Gasteiger partial charge < -0.3 is 10.1 Å². The van der Waals surface area contributed by atoms with E-state index in [1.54, 1.807) is 0 Å². The topological polar surface area (TPSA) is 41.6 Å². The van der Waals surface area contributed by atoms with Gasteiger partial charge in [-0.25, -0.2) is 0 Å². The number of nitrogens with one attached hydrogen (secondary N) is 1. The molecule has 0 aromatic rings. The van der Waals surface area contributed by atoms with Crippen molar-refractivity contribution in [3.05, 3.63) is 0 Å². The number of ether oxygens (including phenoxy) is 1. The number of nitrogens with zero attached hydrogens (tertiary/aromatic N) is 1. The number of carbonyl (C=O) groups is 1. The first-order valence-electron chi connectivity index (χ1n) is 8.20. The average Bonchev–Trinajstić information content (AvgIpc) is 3.01. The van der Waals surface area contributed by atoms with E-state index < -0.39 is 5.54 Å². The van der Waals surface area contributed by atoms with Crippen molar-refractivity contribution in [2.24, 2.45) is 0 Å². The molecular weight excluding hydrogens is 252 g/mol. The van der Waals surface area contributed by atoms with Gasteiger partial charge in [0.25, 0.3) is 0 Å². The second-order valence-corrected chi connectivity index (χ2v) is 6.34. The van der Waals surface area contributed by atoms with Crippen LogP contribution in [0.2, 0.25) is 0 Å². The number of esters is 1. The Labute approximate surface area is 123 Å². The van der Waals surface area contributed by atoms with E-state index in [2.05, 4.69) is 17.1 Å². The molecule has 0 aromatic heterocycles. The van der Waals surface area contributed by atoms with Gasteiger partial charge in [0.05, 0.1) is 7.11 Å². The van der Waals surface area contributed by atoms with Crippen LogP contribution in [-0.2, 0) is 9.53 Å². The Morgan fingerprint density at radius 3 is 2.45 bits per heavy atom. The van der Waals surface area contributed by atoms with Crippen molar-refractivity contribution in [1.82, 2.24) is 10.2 Å². The van der Waals surface area contributed by atoms with Crippen LogP contribution in [0.5, 0.6) is 0 Å². The number of likely N-dealkylation sites (N-methyl/N-ethyl adjacent to an activating group) is 1. The highest BCUT2D eigenvalue weighted by Gasteiger charge is 2.44. The van der Waals surface area contributed by atoms with Gasteiger partial charge in [0.1, 0.15) is 5.54 Å². The molecule has 1 N–H and O–H groups in total. The standard InChI is InChI=1S/C16H30N2O2/c1-4-18(13-8-5-6-9-13)14-10-7-11-16(12-14,17-2)15(19)20-3/h13-14,17H,4-12H2,1-3H3. The Hall–Kier alpha value is -0.610. The highest BCUT2D eigenvalue weighted by atomic mass is 16.5. The maximum Gasteiger partial charge on any atom is 0.326 e. The molecule has 20 heavy (non-hydrogen) atoms. The van der Waals surface area contributed by atoms with Crippen LogP contribution < -0.4 is 5.32 Å². The van der Waals surface area contributed by atoms with E-state index in [4.69, 9.17) is 4.74 Å². The molecule has 0 saturated heterocycles. The molecule has 0 aliphatic heterocycles. The van der Waals surface area contributed by atoms with E-state index >= 15 is 0 Å². The van der Waals surface area contributed by atoms with Gasteiger partial charge in [-0.15, -0.1) is 0 Å². The van der Waals surface area contributed by atoms with Gasteiger partial charge in [0, 0.05) is 12.1 Å². The molecule has 116 valence electrons. The molecule has 0 heterocycles. The van der Waals surface area contributed by atoms with Gasteiger partial charge in [-0.2, -0.15) is 0 Å². The summed E-state index contributed by atoms with van der Waals surface area (Å²) in [6.07, 6.45) is 9.48. The van der Waals surface area contributed by atoms with Crippen LogP contribution in [0.3, 0.4) is 0 Å². The van der Waals surface area contributed by atoms with Crippen molar-refractivity contribution < 1.29 is 9.53 Å². The first-order valence-corrected chi connectivity index (χ1v) is 8.20. The maximum absolute atomic E-state index is 12.2. The Bertz CT molecular complexity index is 328. The van der Waals surface area contributed by atoms with E-state index in [-0.39, 0.29) is 5.97 Å². The van der Waals surface area contributed by atoms with Crippen LogP contribution >= 0.6 is 0 Å². The molecule has 2 atom stereocenters. The van der Waals surface area contributed by atoms with Crippen molar-refractivity contribution in [3.63, 3.8) is 0 Å². The minimum Gasteiger partial charge on any atom is -0.468 e. The molecule has 4 nitrogen and oxygen atoms in total. The largest absolute Gasteiger partial charge is 0.468 e. The molecule has 2 unspecified atom stereocenters. The van der Waals surface area contributed by atoms with Crippen molar-refractivity contribution in [2.75, 3.05) is 20.7 Å². The zero-order valence-corrected chi connectivity index (χ0v) is 13.3. The lowest BCUT2D eigenvalue weighted by Gasteiger charge is -2.44. The summed E-state index contributed by atoms with van der Waals surface area (Å²) in [7, 11) is 3.39. The summed E-state index contributed by atoms with van der Waals surface area (Å²) in [5, 5.41) is 3.27. The van der Waals surface area contributed by atoms with Crippen molar-refractivity contribution in [3.8, 4) is 0 Å². The maximum atomic E-state index is 12.2. The van der Waals surface area contributed by atoms with Crippen molar-refractivity contribution >= 4 is 5.97 Å². The summed E-state index contributed by atoms with van der Waals surface area (Å²) in [6, 6.07) is 1.25. The summed E-state index contributed by atoms with van der Waals surface area (Å²) in [4.78, 5) is 14.8. The van der Waals surface area contributed by atoms with Crippen molar-refractivity contribution in [1.29, 1.82) is 0 Å². The van der Waals surface area contributed by atoms with E-state index in [1.807, 2.05) is 7.05 Å². The van der Waals surface area contributed by atoms with Crippen molar-refractivity contribution in [2.45, 2.75) is 75.9 Å². The van der Waals surface area contributed by atoms with Gasteiger partial charge in [0.2, 0.25) is 0 Å². The Morgan fingerprint density at radius 1 is 1.25 bits per heavy atom. The number of carbonyl (C=O) groups excluding carboxylic acids is 1. The Balaban J connectivity index is 2.09. The van der Waals surface area contributed by atoms with E-state index in [0.717, 1.165) is 31.8 Å². The number of methoxy groups -OCH3 is 1. The molecule has 0 bridgehead atoms. The van der Waals surface area contributed by atoms with Crippen LogP contribution in [-0.4, -0.2) is 49.2 Å². The third kappa shape index (κ3) is 3.01. The SMILES string of the molecule is CCN(C1CCCC1)C1CCCC(NC)(C(=O)OC)C1. The smallest absolute Gasteiger partial charge is 0.326 e. The highest BCUT2D eigenvalue weighted by molar-refractivity contribution is 5.81. The quantitative estimate of drug-likeness (QED) is 0.786. The van der Waals surface area contributed by atoms with Crippen LogP contribution in [0.25, 0.3) is 0 Å². The summed E-state index contributed by atoms with van der Waals surface area (Å²) in [5.41, 5.74) is -0.469. The van der Waals surface area contributed by atoms with Gasteiger partial charge in [-0.05, 0) is 52.1 Å². The summed E-state index contributed by atoms with van der Waals surface area (Å²) in [5.74, 6) is -0.0906. The molecule has 0 spiro atoms. The fourth-order valence-corrected chi connectivity index (χ4v) is 4.29. The lowest BCUT2D eigenvalue weighted by Crippen LogP contribution is -2.58. The number of rotatable bonds is 5. The average molecular weight is 282 g/mol. The fraction of sp³-hybridized carbons (Fsp3) is 0.938. The van der Waals surface area contributed by atoms with Gasteiger partial charge in [0.15, 0.2) is 0 Å². The van der Waals surface area contributed by atoms with E-state index in [9.17, 15) is 4.79 Å². The third-order valence-corrected chi connectivity index (χ3v) is 5.41. The molecule has 0 amide bonds. The molecular formula is C16H30N2O2. The highest BCUT2D eigenvalue weighted by Crippen LogP contribution is 2.35. The second-order valence-electron chi connectivity index (χ2n) is 6.34. The molecule has 0 radical (unpaired) electrons. The fourth-order valence-electron chi connectivity index (χ4n) is 4.29. The van der Waals surface area contributed by atoms with Gasteiger partial charge >= 0.3 is 5.97 Å². The minimum absolute atomic E-state index is 0.0906. The Morgan fingerprint density at radius 2 is 1.90 bits per heavy atom. The molecule has 2 aliphatic carbocycles. The lowest BCUT2D eigenvalue weighted by atomic mass is 9.78. The first kappa shape index (κ1) is 15.8. The summed E-state index contributed by atoms with van der Waals surface area (Å²) in [6.45, 7) is 3.35. The lowest BCUT2D eigenvalue weighted by molar-refractivity contribution is -0.151. The van der Waals surface area contributed by atoms with Crippen LogP contribution in [0, 0.1) is 0 Å². The van der Waals surface area contributed by atoms with Gasteiger partial charge in [-0.1, -0.05) is 19.8 Å². The molecule has 2 fully saturated rings. The number of hydrogen-bond donors (Lipinski definition) is 1. The molecule has 2 aliphatic rings.